The number of rotatable bonds is 7. The van der Waals surface area contributed by atoms with Crippen molar-refractivity contribution in [1.29, 1.82) is 0 Å². The molecule has 1 amide bonds. The number of hydrogen-bond donors (Lipinski definition) is 0. The second kappa shape index (κ2) is 10.1. The molecule has 1 saturated heterocycles. The van der Waals surface area contributed by atoms with Gasteiger partial charge in [-0.15, -0.1) is 0 Å². The number of amides is 1. The summed E-state index contributed by atoms with van der Waals surface area (Å²) in [6.45, 7) is 1.38. The normalized spacial score (nSPS) is 14.3. The van der Waals surface area contributed by atoms with Gasteiger partial charge in [-0.1, -0.05) is 30.3 Å². The summed E-state index contributed by atoms with van der Waals surface area (Å²) in [5, 5.41) is 0. The number of hydrogen-bond acceptors (Lipinski definition) is 4. The lowest BCUT2D eigenvalue weighted by atomic mass is 10.1. The van der Waals surface area contributed by atoms with Crippen molar-refractivity contribution in [2.24, 2.45) is 0 Å². The summed E-state index contributed by atoms with van der Waals surface area (Å²) in [6.07, 6.45) is 0.900. The van der Waals surface area contributed by atoms with Crippen molar-refractivity contribution >= 4 is 16.9 Å². The van der Waals surface area contributed by atoms with Gasteiger partial charge in [-0.2, -0.15) is 0 Å². The predicted molar refractivity (Wildman–Crippen MR) is 127 cm³/mol. The maximum absolute atomic E-state index is 13.9. The SMILES string of the molecule is O=C(Cn1c(COc2ccccc2)nc2ccccc21)N1CCC(Oc2ccc(F)cc2F)CC1. The summed E-state index contributed by atoms with van der Waals surface area (Å²) in [4.78, 5) is 19.7. The van der Waals surface area contributed by atoms with Crippen LogP contribution in [-0.4, -0.2) is 39.6 Å². The molecule has 0 N–H and O–H groups in total. The summed E-state index contributed by atoms with van der Waals surface area (Å²) in [5.74, 6) is 0.0479. The number of ether oxygens (including phenoxy) is 2. The van der Waals surface area contributed by atoms with Gasteiger partial charge in [-0.05, 0) is 36.4 Å². The molecule has 3 aromatic carbocycles. The fourth-order valence-electron chi connectivity index (χ4n) is 4.29. The van der Waals surface area contributed by atoms with E-state index in [1.165, 1.54) is 12.1 Å². The second-order valence-corrected chi connectivity index (χ2v) is 8.48. The third-order valence-corrected chi connectivity index (χ3v) is 6.12. The van der Waals surface area contributed by atoms with E-state index >= 15 is 0 Å². The molecule has 0 unspecified atom stereocenters. The van der Waals surface area contributed by atoms with E-state index in [1.54, 1.807) is 4.90 Å². The predicted octanol–water partition coefficient (Wildman–Crippen LogP) is 4.96. The maximum atomic E-state index is 13.9. The van der Waals surface area contributed by atoms with E-state index in [0.29, 0.717) is 31.8 Å². The highest BCUT2D eigenvalue weighted by Crippen LogP contribution is 2.24. The van der Waals surface area contributed by atoms with E-state index in [0.717, 1.165) is 22.8 Å². The molecule has 0 spiro atoms. The number of nitrogens with zero attached hydrogens (tertiary/aromatic N) is 3. The Hall–Kier alpha value is -3.94. The molecule has 8 heteroatoms. The number of imidazole rings is 1. The van der Waals surface area contributed by atoms with Crippen LogP contribution in [-0.2, 0) is 17.9 Å². The largest absolute Gasteiger partial charge is 0.487 e. The minimum Gasteiger partial charge on any atom is -0.487 e. The van der Waals surface area contributed by atoms with Crippen LogP contribution < -0.4 is 9.47 Å². The number of halogens is 2. The summed E-state index contributed by atoms with van der Waals surface area (Å²) < 4.78 is 40.6. The number of benzene rings is 3. The molecular weight excluding hydrogens is 452 g/mol. The molecule has 1 fully saturated rings. The Morgan fingerprint density at radius 3 is 2.49 bits per heavy atom. The van der Waals surface area contributed by atoms with Gasteiger partial charge < -0.3 is 18.9 Å². The number of para-hydroxylation sites is 3. The lowest BCUT2D eigenvalue weighted by Crippen LogP contribution is -2.43. The van der Waals surface area contributed by atoms with E-state index in [-0.39, 0.29) is 30.9 Å². The van der Waals surface area contributed by atoms with Crippen molar-refractivity contribution in [3.05, 3.63) is 90.3 Å². The van der Waals surface area contributed by atoms with Crippen LogP contribution in [0.5, 0.6) is 11.5 Å². The van der Waals surface area contributed by atoms with Gasteiger partial charge in [0.25, 0.3) is 0 Å². The molecule has 0 saturated carbocycles. The molecule has 0 atom stereocenters. The average molecular weight is 478 g/mol. The standard InChI is InChI=1S/C27H25F2N3O3/c28-19-10-11-25(22(29)16-19)35-21-12-14-31(15-13-21)27(33)17-32-24-9-5-4-8-23(24)30-26(32)18-34-20-6-2-1-3-7-20/h1-11,16,21H,12-15,17-18H2. The average Bonchev–Trinajstić information content (AvgIpc) is 3.22. The first-order valence-corrected chi connectivity index (χ1v) is 11.6. The monoisotopic (exact) mass is 477 g/mol. The Morgan fingerprint density at radius 1 is 0.971 bits per heavy atom. The summed E-state index contributed by atoms with van der Waals surface area (Å²) in [7, 11) is 0. The van der Waals surface area contributed by atoms with Crippen LogP contribution in [0.4, 0.5) is 8.78 Å². The van der Waals surface area contributed by atoms with Gasteiger partial charge in [0.2, 0.25) is 5.91 Å². The van der Waals surface area contributed by atoms with Crippen LogP contribution >= 0.6 is 0 Å². The third-order valence-electron chi connectivity index (χ3n) is 6.12. The third kappa shape index (κ3) is 5.26. The first-order valence-electron chi connectivity index (χ1n) is 11.6. The fourth-order valence-corrected chi connectivity index (χ4v) is 4.29. The van der Waals surface area contributed by atoms with Gasteiger partial charge >= 0.3 is 0 Å². The van der Waals surface area contributed by atoms with Crippen LogP contribution in [0.25, 0.3) is 11.0 Å². The first-order chi connectivity index (χ1) is 17.1. The molecule has 1 aliphatic rings. The van der Waals surface area contributed by atoms with Crippen molar-refractivity contribution in [3.63, 3.8) is 0 Å². The number of carbonyl (C=O) groups is 1. The molecule has 1 aromatic heterocycles. The molecule has 0 aliphatic carbocycles. The van der Waals surface area contributed by atoms with Crippen LogP contribution in [0, 0.1) is 11.6 Å². The summed E-state index contributed by atoms with van der Waals surface area (Å²) in [5.41, 5.74) is 1.68. The van der Waals surface area contributed by atoms with Gasteiger partial charge in [0.05, 0.1) is 11.0 Å². The van der Waals surface area contributed by atoms with Crippen LogP contribution in [0.1, 0.15) is 18.7 Å². The lowest BCUT2D eigenvalue weighted by Gasteiger charge is -2.32. The Balaban J connectivity index is 1.24. The van der Waals surface area contributed by atoms with Crippen molar-refractivity contribution < 1.29 is 23.0 Å². The Bertz CT molecular complexity index is 1320. The molecule has 0 radical (unpaired) electrons. The lowest BCUT2D eigenvalue weighted by molar-refractivity contribution is -0.133. The quantitative estimate of drug-likeness (QED) is 0.378. The highest BCUT2D eigenvalue weighted by atomic mass is 19.1. The van der Waals surface area contributed by atoms with E-state index < -0.39 is 11.6 Å². The number of fused-ring (bicyclic) bond motifs is 1. The van der Waals surface area contributed by atoms with Crippen molar-refractivity contribution in [2.45, 2.75) is 32.1 Å². The number of likely N-dealkylation sites (tertiary alicyclic amines) is 1. The summed E-state index contributed by atoms with van der Waals surface area (Å²) in [6, 6.07) is 20.5. The molecular formula is C27H25F2N3O3. The maximum Gasteiger partial charge on any atom is 0.242 e. The molecule has 2 heterocycles. The number of piperidine rings is 1. The van der Waals surface area contributed by atoms with E-state index in [4.69, 9.17) is 9.47 Å². The first kappa shape index (κ1) is 22.8. The van der Waals surface area contributed by atoms with Gasteiger partial charge in [-0.25, -0.2) is 13.8 Å². The zero-order chi connectivity index (χ0) is 24.2. The highest BCUT2D eigenvalue weighted by molar-refractivity contribution is 5.81. The van der Waals surface area contributed by atoms with Gasteiger partial charge in [0.1, 0.15) is 36.6 Å². The van der Waals surface area contributed by atoms with Crippen molar-refractivity contribution in [3.8, 4) is 11.5 Å². The van der Waals surface area contributed by atoms with Crippen LogP contribution in [0.2, 0.25) is 0 Å². The Kier molecular flexibility index (Phi) is 6.61. The zero-order valence-electron chi connectivity index (χ0n) is 19.1. The molecule has 5 rings (SSSR count). The molecule has 0 bridgehead atoms. The van der Waals surface area contributed by atoms with Gasteiger partial charge in [0.15, 0.2) is 11.6 Å². The minimum absolute atomic E-state index is 0.0273. The number of aromatic nitrogens is 2. The van der Waals surface area contributed by atoms with E-state index in [1.807, 2.05) is 59.2 Å². The zero-order valence-corrected chi connectivity index (χ0v) is 19.1. The minimum atomic E-state index is -0.722. The topological polar surface area (TPSA) is 56.6 Å². The summed E-state index contributed by atoms with van der Waals surface area (Å²) >= 11 is 0. The Morgan fingerprint density at radius 2 is 1.71 bits per heavy atom. The smallest absolute Gasteiger partial charge is 0.242 e. The van der Waals surface area contributed by atoms with Crippen molar-refractivity contribution in [2.75, 3.05) is 13.1 Å². The second-order valence-electron chi connectivity index (χ2n) is 8.48. The van der Waals surface area contributed by atoms with E-state index in [9.17, 15) is 13.6 Å². The van der Waals surface area contributed by atoms with E-state index in [2.05, 4.69) is 4.98 Å². The van der Waals surface area contributed by atoms with Gasteiger partial charge in [0, 0.05) is 32.0 Å². The van der Waals surface area contributed by atoms with Crippen LogP contribution in [0.3, 0.4) is 0 Å². The highest BCUT2D eigenvalue weighted by Gasteiger charge is 2.26. The molecule has 1 aliphatic heterocycles. The fraction of sp³-hybridized carbons (Fsp3) is 0.259. The Labute approximate surface area is 201 Å². The van der Waals surface area contributed by atoms with Crippen molar-refractivity contribution in [1.82, 2.24) is 14.5 Å². The molecule has 35 heavy (non-hydrogen) atoms. The molecule has 6 nitrogen and oxygen atoms in total. The molecule has 4 aromatic rings. The van der Waals surface area contributed by atoms with Crippen LogP contribution in [0.15, 0.2) is 72.8 Å². The van der Waals surface area contributed by atoms with Gasteiger partial charge in [-0.3, -0.25) is 4.79 Å². The molecule has 180 valence electrons. The number of carbonyl (C=O) groups excluding carboxylic acids is 1.